The van der Waals surface area contributed by atoms with Gasteiger partial charge in [0.25, 0.3) is 0 Å². The van der Waals surface area contributed by atoms with Gasteiger partial charge in [-0.3, -0.25) is 0 Å². The molecule has 0 amide bonds. The molecule has 0 unspecified atom stereocenters. The van der Waals surface area contributed by atoms with Crippen molar-refractivity contribution in [3.8, 4) is 0 Å². The van der Waals surface area contributed by atoms with Crippen molar-refractivity contribution in [1.29, 1.82) is 0 Å². The van der Waals surface area contributed by atoms with Crippen LogP contribution in [0.25, 0.3) is 21.8 Å². The van der Waals surface area contributed by atoms with E-state index in [9.17, 15) is 0 Å². The fourth-order valence-electron chi connectivity index (χ4n) is 6.33. The molecule has 2 heterocycles. The van der Waals surface area contributed by atoms with Gasteiger partial charge in [0.05, 0.1) is 0 Å². The lowest BCUT2D eigenvalue weighted by molar-refractivity contribution is 0.758. The zero-order chi connectivity index (χ0) is 21.1. The Balaban J connectivity index is 1.21. The predicted octanol–water partition coefficient (Wildman–Crippen LogP) is 6.67. The number of benzene rings is 3. The highest BCUT2D eigenvalue weighted by molar-refractivity contribution is 5.87. The molecule has 0 atom stereocenters. The van der Waals surface area contributed by atoms with Crippen LogP contribution in [0.2, 0.25) is 0 Å². The Bertz CT molecular complexity index is 1350. The van der Waals surface area contributed by atoms with E-state index in [0.29, 0.717) is 0 Å². The molecule has 3 aromatic carbocycles. The van der Waals surface area contributed by atoms with Crippen molar-refractivity contribution >= 4 is 21.8 Å². The molecule has 0 saturated heterocycles. The topological polar surface area (TPSA) is 9.86 Å². The molecule has 7 rings (SSSR count). The molecule has 0 radical (unpaired) electrons. The van der Waals surface area contributed by atoms with Crippen molar-refractivity contribution in [2.45, 2.75) is 51.6 Å². The summed E-state index contributed by atoms with van der Waals surface area (Å²) >= 11 is 0. The van der Waals surface area contributed by atoms with Gasteiger partial charge in [-0.15, -0.1) is 0 Å². The third-order valence-electron chi connectivity index (χ3n) is 7.77. The summed E-state index contributed by atoms with van der Waals surface area (Å²) in [5.41, 5.74) is 11.9. The Kier molecular flexibility index (Phi) is 4.08. The van der Waals surface area contributed by atoms with Gasteiger partial charge in [-0.1, -0.05) is 60.7 Å². The molecule has 2 aromatic heterocycles. The molecule has 32 heavy (non-hydrogen) atoms. The quantitative estimate of drug-likeness (QED) is 0.310. The largest absolute Gasteiger partial charge is 0.340 e. The highest BCUT2D eigenvalue weighted by Crippen LogP contribution is 2.35. The highest BCUT2D eigenvalue weighted by Gasteiger charge is 2.22. The first-order valence-electron chi connectivity index (χ1n) is 12.1. The van der Waals surface area contributed by atoms with E-state index in [1.54, 1.807) is 22.5 Å². The van der Waals surface area contributed by atoms with E-state index in [4.69, 9.17) is 0 Å². The Hall–Kier alpha value is -3.26. The van der Waals surface area contributed by atoms with Gasteiger partial charge in [0, 0.05) is 46.3 Å². The summed E-state index contributed by atoms with van der Waals surface area (Å²) in [5, 5.41) is 2.93. The number of rotatable bonds is 4. The standard InChI is InChI=1S/C30H28N2/c1-3-11-27-23(7-1)25-9-5-13-29(25)31(27)19-21-15-17-22(18-16-21)20-32-28-12-4-2-8-24(28)26-10-6-14-30(26)32/h1-4,7-8,11-12,15-18H,5-6,9-10,13-14,19-20H2. The van der Waals surface area contributed by atoms with E-state index in [1.165, 1.54) is 71.5 Å². The molecule has 0 bridgehead atoms. The van der Waals surface area contributed by atoms with Gasteiger partial charge in [0.1, 0.15) is 0 Å². The minimum atomic E-state index is 0.970. The minimum Gasteiger partial charge on any atom is -0.340 e. The Morgan fingerprint density at radius 2 is 0.938 bits per heavy atom. The molecule has 2 nitrogen and oxygen atoms in total. The number of para-hydroxylation sites is 2. The van der Waals surface area contributed by atoms with Gasteiger partial charge in [-0.2, -0.15) is 0 Å². The summed E-state index contributed by atoms with van der Waals surface area (Å²) in [6.07, 6.45) is 7.49. The Labute approximate surface area is 189 Å². The predicted molar refractivity (Wildman–Crippen MR) is 133 cm³/mol. The van der Waals surface area contributed by atoms with Crippen molar-refractivity contribution < 1.29 is 0 Å². The third-order valence-corrected chi connectivity index (χ3v) is 7.77. The molecular formula is C30H28N2. The highest BCUT2D eigenvalue weighted by atomic mass is 15.0. The summed E-state index contributed by atoms with van der Waals surface area (Å²) in [6, 6.07) is 27.3. The first-order chi connectivity index (χ1) is 15.9. The van der Waals surface area contributed by atoms with Crippen LogP contribution in [0.5, 0.6) is 0 Å². The van der Waals surface area contributed by atoms with Crippen LogP contribution in [-0.4, -0.2) is 9.13 Å². The minimum absolute atomic E-state index is 0.970. The maximum atomic E-state index is 2.57. The first kappa shape index (κ1) is 18.3. The molecule has 0 spiro atoms. The number of hydrogen-bond donors (Lipinski definition) is 0. The maximum Gasteiger partial charge on any atom is 0.0488 e. The average molecular weight is 417 g/mol. The summed E-state index contributed by atoms with van der Waals surface area (Å²) in [7, 11) is 0. The van der Waals surface area contributed by atoms with Gasteiger partial charge in [-0.05, 0) is 72.9 Å². The molecule has 0 fully saturated rings. The van der Waals surface area contributed by atoms with Crippen molar-refractivity contribution in [1.82, 2.24) is 9.13 Å². The lowest BCUT2D eigenvalue weighted by Gasteiger charge is -2.12. The van der Waals surface area contributed by atoms with Crippen molar-refractivity contribution in [2.24, 2.45) is 0 Å². The molecular weight excluding hydrogens is 388 g/mol. The van der Waals surface area contributed by atoms with Gasteiger partial charge in [-0.25, -0.2) is 0 Å². The van der Waals surface area contributed by atoms with Crippen LogP contribution in [0.15, 0.2) is 72.8 Å². The fraction of sp³-hybridized carbons (Fsp3) is 0.267. The van der Waals surface area contributed by atoms with Crippen molar-refractivity contribution in [2.75, 3.05) is 0 Å². The third kappa shape index (κ3) is 2.72. The van der Waals surface area contributed by atoms with Gasteiger partial charge in [0.2, 0.25) is 0 Å². The van der Waals surface area contributed by atoms with Crippen LogP contribution in [-0.2, 0) is 38.8 Å². The van der Waals surface area contributed by atoms with E-state index in [2.05, 4.69) is 81.9 Å². The fourth-order valence-corrected chi connectivity index (χ4v) is 6.33. The molecule has 2 heteroatoms. The lowest BCUT2D eigenvalue weighted by Crippen LogP contribution is -2.05. The SMILES string of the molecule is c1ccc2c(c1)c1c(n2Cc2ccc(Cn3c4c(c5ccccc53)CCC4)cc2)CCC1. The zero-order valence-electron chi connectivity index (χ0n) is 18.5. The van der Waals surface area contributed by atoms with E-state index in [-0.39, 0.29) is 0 Å². The zero-order valence-corrected chi connectivity index (χ0v) is 18.5. The molecule has 0 N–H and O–H groups in total. The first-order valence-corrected chi connectivity index (χ1v) is 12.1. The molecule has 0 saturated carbocycles. The van der Waals surface area contributed by atoms with Crippen LogP contribution in [0, 0.1) is 0 Å². The lowest BCUT2D eigenvalue weighted by atomic mass is 10.1. The summed E-state index contributed by atoms with van der Waals surface area (Å²) in [4.78, 5) is 0. The summed E-state index contributed by atoms with van der Waals surface area (Å²) in [6.45, 7) is 1.94. The van der Waals surface area contributed by atoms with E-state index >= 15 is 0 Å². The molecule has 5 aromatic rings. The normalized spacial score (nSPS) is 15.0. The number of hydrogen-bond acceptors (Lipinski definition) is 0. The van der Waals surface area contributed by atoms with Crippen LogP contribution in [0.4, 0.5) is 0 Å². The smallest absolute Gasteiger partial charge is 0.0488 e. The number of aryl methyl sites for hydroxylation is 2. The monoisotopic (exact) mass is 416 g/mol. The summed E-state index contributed by atoms with van der Waals surface area (Å²) < 4.78 is 5.14. The second kappa shape index (κ2) is 7.13. The maximum absolute atomic E-state index is 2.57. The van der Waals surface area contributed by atoms with E-state index in [1.807, 2.05) is 0 Å². The van der Waals surface area contributed by atoms with Crippen molar-refractivity contribution in [3.63, 3.8) is 0 Å². The van der Waals surface area contributed by atoms with E-state index in [0.717, 1.165) is 13.1 Å². The number of fused-ring (bicyclic) bond motifs is 6. The van der Waals surface area contributed by atoms with Crippen LogP contribution in [0.3, 0.4) is 0 Å². The number of aromatic nitrogens is 2. The molecule has 2 aliphatic carbocycles. The van der Waals surface area contributed by atoms with Crippen molar-refractivity contribution in [3.05, 3.63) is 106 Å². The summed E-state index contributed by atoms with van der Waals surface area (Å²) in [5.74, 6) is 0. The average Bonchev–Trinajstić information content (AvgIpc) is 3.60. The van der Waals surface area contributed by atoms with Crippen LogP contribution in [0.1, 0.15) is 46.5 Å². The van der Waals surface area contributed by atoms with Gasteiger partial charge < -0.3 is 9.13 Å². The molecule has 0 aliphatic heterocycles. The Morgan fingerprint density at radius 1 is 0.500 bits per heavy atom. The second-order valence-electron chi connectivity index (χ2n) is 9.58. The molecule has 158 valence electrons. The van der Waals surface area contributed by atoms with Gasteiger partial charge >= 0.3 is 0 Å². The second-order valence-corrected chi connectivity index (χ2v) is 9.58. The molecule has 2 aliphatic rings. The van der Waals surface area contributed by atoms with E-state index < -0.39 is 0 Å². The number of nitrogens with zero attached hydrogens (tertiary/aromatic N) is 2. The Morgan fingerprint density at radius 3 is 1.41 bits per heavy atom. The van der Waals surface area contributed by atoms with Gasteiger partial charge in [0.15, 0.2) is 0 Å². The van der Waals surface area contributed by atoms with Crippen LogP contribution >= 0.6 is 0 Å². The van der Waals surface area contributed by atoms with Crippen LogP contribution < -0.4 is 0 Å².